The van der Waals surface area contributed by atoms with Gasteiger partial charge in [-0.25, -0.2) is 0 Å². The Kier molecular flexibility index (Phi) is 2.19. The van der Waals surface area contributed by atoms with Crippen LogP contribution in [0.25, 0.3) is 0 Å². The summed E-state index contributed by atoms with van der Waals surface area (Å²) in [6, 6.07) is 0.605. The minimum absolute atomic E-state index is 0.123. The fraction of sp³-hybridized carbons (Fsp3) is 0.778. The molecule has 0 unspecified atom stereocenters. The van der Waals surface area contributed by atoms with E-state index in [-0.39, 0.29) is 5.54 Å². The number of nitrogens with two attached hydrogens (primary N) is 1. The molecule has 0 amide bonds. The van der Waals surface area contributed by atoms with Gasteiger partial charge in [-0.05, 0) is 26.7 Å². The van der Waals surface area contributed by atoms with Crippen LogP contribution in [-0.4, -0.2) is 22.3 Å². The molecule has 1 aromatic rings. The van der Waals surface area contributed by atoms with E-state index in [1.807, 2.05) is 0 Å². The highest BCUT2D eigenvalue weighted by Gasteiger charge is 2.35. The molecular formula is C9H16N4O. The van der Waals surface area contributed by atoms with Crippen molar-refractivity contribution < 1.29 is 4.42 Å². The highest BCUT2D eigenvalue weighted by molar-refractivity contribution is 5.32. The van der Waals surface area contributed by atoms with Crippen molar-refractivity contribution in [3.8, 4) is 0 Å². The van der Waals surface area contributed by atoms with E-state index in [0.717, 1.165) is 13.0 Å². The third-order valence-electron chi connectivity index (χ3n) is 2.76. The zero-order chi connectivity index (χ0) is 10.2. The highest BCUT2D eigenvalue weighted by Crippen LogP contribution is 2.32. The summed E-state index contributed by atoms with van der Waals surface area (Å²) in [6.07, 6.45) is 2.33. The van der Waals surface area contributed by atoms with Crippen LogP contribution in [0.5, 0.6) is 0 Å². The Bertz CT molecular complexity index is 320. The zero-order valence-electron chi connectivity index (χ0n) is 8.66. The first-order valence-electron chi connectivity index (χ1n) is 4.93. The summed E-state index contributed by atoms with van der Waals surface area (Å²) in [5.41, 5.74) is 5.54. The second-order valence-electron chi connectivity index (χ2n) is 4.25. The van der Waals surface area contributed by atoms with Crippen LogP contribution in [0.3, 0.4) is 0 Å². The number of hydrogen-bond donors (Lipinski definition) is 1. The van der Waals surface area contributed by atoms with Gasteiger partial charge in [-0.1, -0.05) is 5.10 Å². The standard InChI is InChI=1S/C9H16N4O/c1-9(2)4-3-5-13(9)8-12-11-7(6-10)14-8/h3-6,10H2,1-2H3. The van der Waals surface area contributed by atoms with E-state index in [2.05, 4.69) is 28.9 Å². The largest absolute Gasteiger partial charge is 0.407 e. The van der Waals surface area contributed by atoms with Gasteiger partial charge >= 0.3 is 6.01 Å². The lowest BCUT2D eigenvalue weighted by atomic mass is 10.0. The van der Waals surface area contributed by atoms with Crippen LogP contribution >= 0.6 is 0 Å². The molecule has 0 radical (unpaired) electrons. The van der Waals surface area contributed by atoms with Crippen LogP contribution in [0.1, 0.15) is 32.6 Å². The minimum atomic E-state index is 0.123. The second kappa shape index (κ2) is 3.24. The lowest BCUT2D eigenvalue weighted by Gasteiger charge is -2.29. The van der Waals surface area contributed by atoms with Crippen LogP contribution < -0.4 is 10.6 Å². The summed E-state index contributed by atoms with van der Waals surface area (Å²) in [5.74, 6) is 0.503. The molecule has 0 aliphatic carbocycles. The van der Waals surface area contributed by atoms with Gasteiger partial charge in [0, 0.05) is 12.1 Å². The normalized spacial score (nSPS) is 20.4. The van der Waals surface area contributed by atoms with Crippen molar-refractivity contribution in [1.82, 2.24) is 10.2 Å². The minimum Gasteiger partial charge on any atom is -0.407 e. The molecular weight excluding hydrogens is 180 g/mol. The highest BCUT2D eigenvalue weighted by atomic mass is 16.4. The Hall–Kier alpha value is -1.10. The molecule has 0 bridgehead atoms. The van der Waals surface area contributed by atoms with E-state index in [1.54, 1.807) is 0 Å². The molecule has 2 N–H and O–H groups in total. The van der Waals surface area contributed by atoms with Gasteiger partial charge in [0.15, 0.2) is 0 Å². The predicted octanol–water partition coefficient (Wildman–Crippen LogP) is 0.907. The third kappa shape index (κ3) is 1.48. The molecule has 1 aliphatic heterocycles. The fourth-order valence-corrected chi connectivity index (χ4v) is 1.90. The average Bonchev–Trinajstić information content (AvgIpc) is 2.70. The van der Waals surface area contributed by atoms with Gasteiger partial charge < -0.3 is 15.1 Å². The molecule has 1 aromatic heterocycles. The Balaban J connectivity index is 2.22. The van der Waals surface area contributed by atoms with E-state index in [1.165, 1.54) is 6.42 Å². The van der Waals surface area contributed by atoms with Gasteiger partial charge in [-0.15, -0.1) is 5.10 Å². The quantitative estimate of drug-likeness (QED) is 0.761. The van der Waals surface area contributed by atoms with Gasteiger partial charge in [-0.2, -0.15) is 0 Å². The molecule has 5 heteroatoms. The van der Waals surface area contributed by atoms with Crippen LogP contribution in [0, 0.1) is 0 Å². The zero-order valence-corrected chi connectivity index (χ0v) is 8.66. The van der Waals surface area contributed by atoms with E-state index < -0.39 is 0 Å². The molecule has 0 aromatic carbocycles. The van der Waals surface area contributed by atoms with Crippen molar-refractivity contribution in [2.24, 2.45) is 5.73 Å². The van der Waals surface area contributed by atoms with Crippen molar-refractivity contribution in [3.63, 3.8) is 0 Å². The van der Waals surface area contributed by atoms with Crippen molar-refractivity contribution in [1.29, 1.82) is 0 Å². The van der Waals surface area contributed by atoms with E-state index in [9.17, 15) is 0 Å². The summed E-state index contributed by atoms with van der Waals surface area (Å²) in [5, 5.41) is 7.86. The molecule has 0 spiro atoms. The average molecular weight is 196 g/mol. The van der Waals surface area contributed by atoms with Gasteiger partial charge in [0.25, 0.3) is 0 Å². The Labute approximate surface area is 83.3 Å². The van der Waals surface area contributed by atoms with Crippen molar-refractivity contribution in [2.45, 2.75) is 38.8 Å². The van der Waals surface area contributed by atoms with Gasteiger partial charge in [0.2, 0.25) is 5.89 Å². The van der Waals surface area contributed by atoms with Crippen molar-refractivity contribution >= 4 is 6.01 Å². The lowest BCUT2D eigenvalue weighted by molar-refractivity contribution is 0.439. The third-order valence-corrected chi connectivity index (χ3v) is 2.76. The van der Waals surface area contributed by atoms with Crippen LogP contribution in [0.2, 0.25) is 0 Å². The summed E-state index contributed by atoms with van der Waals surface area (Å²) in [6.45, 7) is 5.67. The predicted molar refractivity (Wildman–Crippen MR) is 52.8 cm³/mol. The van der Waals surface area contributed by atoms with Crippen molar-refractivity contribution in [2.75, 3.05) is 11.4 Å². The Morgan fingerprint density at radius 2 is 2.29 bits per heavy atom. The summed E-state index contributed by atoms with van der Waals surface area (Å²) in [4.78, 5) is 2.15. The topological polar surface area (TPSA) is 68.2 Å². The maximum atomic E-state index is 5.43. The molecule has 5 nitrogen and oxygen atoms in total. The summed E-state index contributed by atoms with van der Waals surface area (Å²) < 4.78 is 5.43. The van der Waals surface area contributed by atoms with E-state index >= 15 is 0 Å². The van der Waals surface area contributed by atoms with Crippen LogP contribution in [-0.2, 0) is 6.54 Å². The fourth-order valence-electron chi connectivity index (χ4n) is 1.90. The number of hydrogen-bond acceptors (Lipinski definition) is 5. The van der Waals surface area contributed by atoms with Crippen molar-refractivity contribution in [3.05, 3.63) is 5.89 Å². The molecule has 2 heterocycles. The Morgan fingerprint density at radius 1 is 1.50 bits per heavy atom. The summed E-state index contributed by atoms with van der Waals surface area (Å²) >= 11 is 0. The molecule has 2 rings (SSSR count). The summed E-state index contributed by atoms with van der Waals surface area (Å²) in [7, 11) is 0. The van der Waals surface area contributed by atoms with E-state index in [4.69, 9.17) is 10.2 Å². The van der Waals surface area contributed by atoms with Gasteiger partial charge in [-0.3, -0.25) is 0 Å². The number of rotatable bonds is 2. The Morgan fingerprint density at radius 3 is 2.79 bits per heavy atom. The molecule has 1 fully saturated rings. The maximum Gasteiger partial charge on any atom is 0.318 e. The smallest absolute Gasteiger partial charge is 0.318 e. The number of nitrogens with zero attached hydrogens (tertiary/aromatic N) is 3. The van der Waals surface area contributed by atoms with Gasteiger partial charge in [0.05, 0.1) is 6.54 Å². The maximum absolute atomic E-state index is 5.43. The SMILES string of the molecule is CC1(C)CCCN1c1nnc(CN)o1. The van der Waals surface area contributed by atoms with Crippen LogP contribution in [0.15, 0.2) is 4.42 Å². The second-order valence-corrected chi connectivity index (χ2v) is 4.25. The molecule has 78 valence electrons. The number of aromatic nitrogens is 2. The first-order chi connectivity index (χ1) is 6.63. The molecule has 1 saturated heterocycles. The molecule has 0 atom stereocenters. The van der Waals surface area contributed by atoms with Crippen LogP contribution in [0.4, 0.5) is 6.01 Å². The monoisotopic (exact) mass is 196 g/mol. The number of anilines is 1. The van der Waals surface area contributed by atoms with E-state index in [0.29, 0.717) is 18.5 Å². The molecule has 14 heavy (non-hydrogen) atoms. The van der Waals surface area contributed by atoms with Gasteiger partial charge in [0.1, 0.15) is 0 Å². The molecule has 0 saturated carbocycles. The first kappa shape index (κ1) is 9.45. The first-order valence-corrected chi connectivity index (χ1v) is 4.93. The molecule has 1 aliphatic rings. The lowest BCUT2D eigenvalue weighted by Crippen LogP contribution is -2.38.